The number of nitrogens with one attached hydrogen (secondary N) is 1. The maximum absolute atomic E-state index is 12.7. The summed E-state index contributed by atoms with van der Waals surface area (Å²) in [6.07, 6.45) is 4.33. The first-order chi connectivity index (χ1) is 15.4. The Morgan fingerprint density at radius 3 is 2.50 bits per heavy atom. The van der Waals surface area contributed by atoms with Crippen molar-refractivity contribution in [1.29, 1.82) is 0 Å². The van der Waals surface area contributed by atoms with E-state index in [9.17, 15) is 9.59 Å². The summed E-state index contributed by atoms with van der Waals surface area (Å²) in [7, 11) is 0. The molecule has 0 atom stereocenters. The van der Waals surface area contributed by atoms with Gasteiger partial charge in [-0.2, -0.15) is 0 Å². The smallest absolute Gasteiger partial charge is 0.231 e. The number of aryl methyl sites for hydroxylation is 2. The van der Waals surface area contributed by atoms with E-state index < -0.39 is 0 Å². The van der Waals surface area contributed by atoms with Crippen molar-refractivity contribution in [3.63, 3.8) is 0 Å². The first kappa shape index (κ1) is 22.4. The fourth-order valence-electron chi connectivity index (χ4n) is 4.16. The van der Waals surface area contributed by atoms with E-state index in [0.29, 0.717) is 56.0 Å². The van der Waals surface area contributed by atoms with E-state index in [1.807, 2.05) is 31.1 Å². The van der Waals surface area contributed by atoms with Crippen molar-refractivity contribution in [1.82, 2.24) is 14.9 Å². The fourth-order valence-corrected chi connectivity index (χ4v) is 4.62. The number of carbonyl (C=O) groups is 2. The monoisotopic (exact) mass is 456 g/mol. The third-order valence-corrected chi connectivity index (χ3v) is 6.58. The lowest BCUT2D eigenvalue weighted by Gasteiger charge is -2.31. The number of aromatic nitrogens is 2. The average Bonchev–Trinajstić information content (AvgIpc) is 3.26. The molecule has 9 heteroatoms. The third kappa shape index (κ3) is 4.98. The number of carbonyl (C=O) groups excluding carboxylic acids is 2. The Morgan fingerprint density at radius 2 is 1.81 bits per heavy atom. The summed E-state index contributed by atoms with van der Waals surface area (Å²) in [5, 5.41) is 3.72. The molecule has 32 heavy (non-hydrogen) atoms. The van der Waals surface area contributed by atoms with Crippen LogP contribution < -0.4 is 14.8 Å². The first-order valence-corrected chi connectivity index (χ1v) is 12.0. The van der Waals surface area contributed by atoms with Crippen LogP contribution in [0, 0.1) is 19.8 Å². The van der Waals surface area contributed by atoms with Gasteiger partial charge in [0.2, 0.25) is 18.6 Å². The van der Waals surface area contributed by atoms with Gasteiger partial charge in [-0.3, -0.25) is 9.59 Å². The minimum absolute atomic E-state index is 0.0201. The quantitative estimate of drug-likeness (QED) is 0.526. The Morgan fingerprint density at radius 1 is 1.12 bits per heavy atom. The van der Waals surface area contributed by atoms with Gasteiger partial charge in [-0.05, 0) is 57.1 Å². The van der Waals surface area contributed by atoms with Crippen LogP contribution in [0.5, 0.6) is 11.5 Å². The second kappa shape index (κ2) is 9.77. The predicted molar refractivity (Wildman–Crippen MR) is 122 cm³/mol. The predicted octanol–water partition coefficient (Wildman–Crippen LogP) is 3.35. The van der Waals surface area contributed by atoms with Crippen molar-refractivity contribution >= 4 is 29.3 Å². The van der Waals surface area contributed by atoms with Crippen LogP contribution in [-0.2, 0) is 16.0 Å². The number of thioether (sulfide) groups is 1. The minimum Gasteiger partial charge on any atom is -0.454 e. The number of benzene rings is 1. The molecular formula is C23H28N4O4S. The summed E-state index contributed by atoms with van der Waals surface area (Å²) < 4.78 is 10.7. The van der Waals surface area contributed by atoms with Gasteiger partial charge in [0.05, 0.1) is 0 Å². The van der Waals surface area contributed by atoms with Crippen molar-refractivity contribution in [3.8, 4) is 11.5 Å². The van der Waals surface area contributed by atoms with E-state index in [-0.39, 0.29) is 24.5 Å². The van der Waals surface area contributed by atoms with Crippen LogP contribution in [0.3, 0.4) is 0 Å². The molecule has 0 radical (unpaired) electrons. The van der Waals surface area contributed by atoms with Gasteiger partial charge in [0.1, 0.15) is 0 Å². The zero-order valence-corrected chi connectivity index (χ0v) is 19.5. The average molecular weight is 457 g/mol. The summed E-state index contributed by atoms with van der Waals surface area (Å²) >= 11 is 1.52. The standard InChI is InChI=1S/C23H28N4O4S/c1-14-18(15(2)25-23(24-14)32-3)5-7-21(28)27-10-8-16(9-11-27)22(29)26-17-4-6-19-20(12-17)31-13-30-19/h4,6,12,16H,5,7-11,13H2,1-3H3,(H,26,29). The van der Waals surface area contributed by atoms with E-state index in [1.165, 1.54) is 11.8 Å². The topological polar surface area (TPSA) is 93.7 Å². The van der Waals surface area contributed by atoms with E-state index in [0.717, 1.165) is 22.1 Å². The molecule has 1 aromatic carbocycles. The molecule has 2 aliphatic rings. The molecule has 1 fully saturated rings. The highest BCUT2D eigenvalue weighted by atomic mass is 32.2. The van der Waals surface area contributed by atoms with E-state index in [4.69, 9.17) is 9.47 Å². The largest absolute Gasteiger partial charge is 0.454 e. The van der Waals surface area contributed by atoms with Crippen LogP contribution in [-0.4, -0.2) is 52.8 Å². The van der Waals surface area contributed by atoms with Gasteiger partial charge in [-0.25, -0.2) is 9.97 Å². The van der Waals surface area contributed by atoms with Crippen molar-refractivity contribution < 1.29 is 19.1 Å². The first-order valence-electron chi connectivity index (χ1n) is 10.8. The van der Waals surface area contributed by atoms with Gasteiger partial charge < -0.3 is 19.7 Å². The summed E-state index contributed by atoms with van der Waals surface area (Å²) in [6.45, 7) is 5.33. The van der Waals surface area contributed by atoms with Gasteiger partial charge in [-0.1, -0.05) is 11.8 Å². The van der Waals surface area contributed by atoms with Gasteiger partial charge in [0.25, 0.3) is 0 Å². The molecule has 0 unspecified atom stereocenters. The maximum atomic E-state index is 12.7. The molecule has 2 aromatic rings. The third-order valence-electron chi connectivity index (χ3n) is 6.03. The van der Waals surface area contributed by atoms with Crippen molar-refractivity contribution in [2.45, 2.75) is 44.7 Å². The van der Waals surface area contributed by atoms with Gasteiger partial charge in [0.15, 0.2) is 16.7 Å². The molecule has 1 N–H and O–H groups in total. The van der Waals surface area contributed by atoms with Crippen molar-refractivity contribution in [3.05, 3.63) is 35.2 Å². The Labute approximate surface area is 192 Å². The summed E-state index contributed by atoms with van der Waals surface area (Å²) in [5.74, 6) is 1.32. The number of rotatable bonds is 6. The Hall–Kier alpha value is -2.81. The number of piperidine rings is 1. The molecule has 1 saturated heterocycles. The van der Waals surface area contributed by atoms with Gasteiger partial charge in [0, 0.05) is 48.6 Å². The lowest BCUT2D eigenvalue weighted by molar-refractivity contribution is -0.134. The highest BCUT2D eigenvalue weighted by molar-refractivity contribution is 7.98. The summed E-state index contributed by atoms with van der Waals surface area (Å²) in [5.41, 5.74) is 3.62. The van der Waals surface area contributed by atoms with E-state index in [1.54, 1.807) is 12.1 Å². The zero-order chi connectivity index (χ0) is 22.7. The van der Waals surface area contributed by atoms with Crippen molar-refractivity contribution in [2.24, 2.45) is 5.92 Å². The Bertz CT molecular complexity index is 998. The SMILES string of the molecule is CSc1nc(C)c(CCC(=O)N2CCC(C(=O)Nc3ccc4c(c3)OCO4)CC2)c(C)n1. The second-order valence-electron chi connectivity index (χ2n) is 8.07. The number of hydrogen-bond acceptors (Lipinski definition) is 7. The fraction of sp³-hybridized carbons (Fsp3) is 0.478. The zero-order valence-electron chi connectivity index (χ0n) is 18.6. The molecule has 4 rings (SSSR count). The number of fused-ring (bicyclic) bond motifs is 1. The van der Waals surface area contributed by atoms with Crippen LogP contribution in [0.15, 0.2) is 23.4 Å². The Kier molecular flexibility index (Phi) is 6.83. The molecule has 1 aromatic heterocycles. The maximum Gasteiger partial charge on any atom is 0.231 e. The van der Waals surface area contributed by atoms with Crippen LogP contribution >= 0.6 is 11.8 Å². The lowest BCUT2D eigenvalue weighted by Crippen LogP contribution is -2.41. The molecule has 2 amide bonds. The highest BCUT2D eigenvalue weighted by Crippen LogP contribution is 2.34. The number of nitrogens with zero attached hydrogens (tertiary/aromatic N) is 3. The Balaban J connectivity index is 1.26. The molecule has 0 aliphatic carbocycles. The number of likely N-dealkylation sites (tertiary alicyclic amines) is 1. The minimum atomic E-state index is -0.110. The molecule has 170 valence electrons. The molecular weight excluding hydrogens is 428 g/mol. The molecule has 3 heterocycles. The van der Waals surface area contributed by atoms with Gasteiger partial charge >= 0.3 is 0 Å². The summed E-state index contributed by atoms with van der Waals surface area (Å²) in [6, 6.07) is 5.38. The normalized spacial score (nSPS) is 15.7. The molecule has 0 spiro atoms. The second-order valence-corrected chi connectivity index (χ2v) is 8.85. The van der Waals surface area contributed by atoms with Gasteiger partial charge in [-0.15, -0.1) is 0 Å². The number of ether oxygens (including phenoxy) is 2. The molecule has 0 bridgehead atoms. The van der Waals surface area contributed by atoms with Crippen LogP contribution in [0.2, 0.25) is 0 Å². The van der Waals surface area contributed by atoms with Crippen LogP contribution in [0.25, 0.3) is 0 Å². The number of hydrogen-bond donors (Lipinski definition) is 1. The molecule has 2 aliphatic heterocycles. The van der Waals surface area contributed by atoms with E-state index >= 15 is 0 Å². The molecule has 8 nitrogen and oxygen atoms in total. The number of amides is 2. The van der Waals surface area contributed by atoms with E-state index in [2.05, 4.69) is 15.3 Å². The van der Waals surface area contributed by atoms with Crippen LogP contribution in [0.1, 0.15) is 36.2 Å². The van der Waals surface area contributed by atoms with Crippen molar-refractivity contribution in [2.75, 3.05) is 31.5 Å². The highest BCUT2D eigenvalue weighted by Gasteiger charge is 2.28. The number of anilines is 1. The van der Waals surface area contributed by atoms with Crippen LogP contribution in [0.4, 0.5) is 5.69 Å². The lowest BCUT2D eigenvalue weighted by atomic mass is 9.95. The molecule has 0 saturated carbocycles. The summed E-state index contributed by atoms with van der Waals surface area (Å²) in [4.78, 5) is 36.3.